The molecule has 4 rings (SSSR count). The third-order valence-corrected chi connectivity index (χ3v) is 6.11. The zero-order valence-corrected chi connectivity index (χ0v) is 10.2. The Balaban J connectivity index is 1.94. The van der Waals surface area contributed by atoms with E-state index in [2.05, 4.69) is 15.9 Å². The molecule has 2 unspecified atom stereocenters. The van der Waals surface area contributed by atoms with E-state index in [4.69, 9.17) is 0 Å². The average molecular weight is 259 g/mol. The molecule has 1 N–H and O–H groups in total. The molecule has 0 heterocycles. The molecule has 0 aromatic carbocycles. The van der Waals surface area contributed by atoms with E-state index in [0.29, 0.717) is 17.4 Å². The molecule has 0 aliphatic heterocycles. The molecule has 0 saturated heterocycles. The summed E-state index contributed by atoms with van der Waals surface area (Å²) in [4.78, 5) is 0. The van der Waals surface area contributed by atoms with Crippen LogP contribution in [-0.4, -0.2) is 17.0 Å². The van der Waals surface area contributed by atoms with Crippen molar-refractivity contribution in [2.24, 2.45) is 22.7 Å². The summed E-state index contributed by atoms with van der Waals surface area (Å²) in [6, 6.07) is 0. The van der Waals surface area contributed by atoms with Crippen molar-refractivity contribution in [2.75, 3.05) is 11.9 Å². The fourth-order valence-corrected chi connectivity index (χ4v) is 5.65. The lowest BCUT2D eigenvalue weighted by atomic mass is 9.45. The summed E-state index contributed by atoms with van der Waals surface area (Å²) in [5.41, 5.74) is 0.894. The number of hydrogen-bond donors (Lipinski definition) is 1. The second-order valence-corrected chi connectivity index (χ2v) is 6.81. The Morgan fingerprint density at radius 1 is 1.07 bits per heavy atom. The van der Waals surface area contributed by atoms with E-state index < -0.39 is 0 Å². The first-order valence-electron chi connectivity index (χ1n) is 5.86. The van der Waals surface area contributed by atoms with Gasteiger partial charge in [0, 0.05) is 11.9 Å². The molecule has 4 fully saturated rings. The van der Waals surface area contributed by atoms with Crippen molar-refractivity contribution < 1.29 is 5.11 Å². The standard InChI is InChI=1S/C12H19BrO/c13-7-11-2-9-1-10(3-11)5-12(4-9,6-11)8-14/h9-10,14H,1-8H2. The molecule has 4 bridgehead atoms. The van der Waals surface area contributed by atoms with E-state index in [1.807, 2.05) is 0 Å². The average Bonchev–Trinajstić information content (AvgIpc) is 2.16. The first-order chi connectivity index (χ1) is 6.69. The highest BCUT2D eigenvalue weighted by molar-refractivity contribution is 9.09. The second-order valence-electron chi connectivity index (χ2n) is 6.25. The van der Waals surface area contributed by atoms with Crippen molar-refractivity contribution in [3.63, 3.8) is 0 Å². The molecule has 14 heavy (non-hydrogen) atoms. The van der Waals surface area contributed by atoms with Crippen LogP contribution in [0.15, 0.2) is 0 Å². The minimum Gasteiger partial charge on any atom is -0.396 e. The van der Waals surface area contributed by atoms with Crippen molar-refractivity contribution in [3.8, 4) is 0 Å². The van der Waals surface area contributed by atoms with Gasteiger partial charge < -0.3 is 5.11 Å². The lowest BCUT2D eigenvalue weighted by Crippen LogP contribution is -2.53. The van der Waals surface area contributed by atoms with Crippen LogP contribution < -0.4 is 0 Å². The van der Waals surface area contributed by atoms with Crippen LogP contribution in [0.25, 0.3) is 0 Å². The summed E-state index contributed by atoms with van der Waals surface area (Å²) in [6.45, 7) is 0.439. The predicted molar refractivity (Wildman–Crippen MR) is 60.4 cm³/mol. The van der Waals surface area contributed by atoms with Crippen LogP contribution in [0.4, 0.5) is 0 Å². The molecule has 2 heteroatoms. The van der Waals surface area contributed by atoms with Crippen molar-refractivity contribution >= 4 is 15.9 Å². The quantitative estimate of drug-likeness (QED) is 0.756. The Hall–Kier alpha value is 0.440. The Kier molecular flexibility index (Phi) is 2.05. The molecular formula is C12H19BrO. The summed E-state index contributed by atoms with van der Waals surface area (Å²) in [6.07, 6.45) is 8.22. The van der Waals surface area contributed by atoms with Gasteiger partial charge in [0.1, 0.15) is 0 Å². The molecule has 1 nitrogen and oxygen atoms in total. The van der Waals surface area contributed by atoms with Gasteiger partial charge in [-0.05, 0) is 61.2 Å². The van der Waals surface area contributed by atoms with Gasteiger partial charge >= 0.3 is 0 Å². The van der Waals surface area contributed by atoms with Crippen molar-refractivity contribution in [1.29, 1.82) is 0 Å². The smallest absolute Gasteiger partial charge is 0.0487 e. The molecule has 0 aromatic heterocycles. The lowest BCUT2D eigenvalue weighted by molar-refractivity contribution is -0.119. The molecule has 0 radical (unpaired) electrons. The van der Waals surface area contributed by atoms with Crippen molar-refractivity contribution in [3.05, 3.63) is 0 Å². The topological polar surface area (TPSA) is 20.2 Å². The molecule has 4 saturated carbocycles. The first-order valence-corrected chi connectivity index (χ1v) is 6.98. The van der Waals surface area contributed by atoms with Gasteiger partial charge in [0.15, 0.2) is 0 Å². The summed E-state index contributed by atoms with van der Waals surface area (Å²) < 4.78 is 0. The first kappa shape index (κ1) is 9.65. The number of aliphatic hydroxyl groups is 1. The van der Waals surface area contributed by atoms with Gasteiger partial charge in [-0.1, -0.05) is 15.9 Å². The minimum absolute atomic E-state index is 0.331. The van der Waals surface area contributed by atoms with E-state index in [0.717, 1.165) is 17.2 Å². The molecule has 4 aliphatic carbocycles. The molecule has 0 spiro atoms. The number of rotatable bonds is 2. The maximum absolute atomic E-state index is 9.63. The monoisotopic (exact) mass is 258 g/mol. The number of hydrogen-bond acceptors (Lipinski definition) is 1. The minimum atomic E-state index is 0.331. The Morgan fingerprint density at radius 2 is 1.64 bits per heavy atom. The van der Waals surface area contributed by atoms with Gasteiger partial charge in [-0.2, -0.15) is 0 Å². The summed E-state index contributed by atoms with van der Waals surface area (Å²) in [5, 5.41) is 10.8. The van der Waals surface area contributed by atoms with Crippen molar-refractivity contribution in [2.45, 2.75) is 38.5 Å². The Morgan fingerprint density at radius 3 is 2.14 bits per heavy atom. The van der Waals surface area contributed by atoms with Gasteiger partial charge in [0.2, 0.25) is 0 Å². The van der Waals surface area contributed by atoms with Crippen LogP contribution in [0.3, 0.4) is 0 Å². The van der Waals surface area contributed by atoms with Crippen LogP contribution in [0.5, 0.6) is 0 Å². The Labute approximate surface area is 94.4 Å². The lowest BCUT2D eigenvalue weighted by Gasteiger charge is -2.61. The van der Waals surface area contributed by atoms with E-state index in [9.17, 15) is 5.11 Å². The second kappa shape index (κ2) is 2.98. The summed E-state index contributed by atoms with van der Waals surface area (Å²) in [5.74, 6) is 1.86. The molecule has 4 aliphatic rings. The highest BCUT2D eigenvalue weighted by Crippen LogP contribution is 2.65. The van der Waals surface area contributed by atoms with Gasteiger partial charge in [0.05, 0.1) is 0 Å². The maximum Gasteiger partial charge on any atom is 0.0487 e. The number of alkyl halides is 1. The highest BCUT2D eigenvalue weighted by Gasteiger charge is 2.56. The maximum atomic E-state index is 9.63. The largest absolute Gasteiger partial charge is 0.396 e. The van der Waals surface area contributed by atoms with E-state index in [-0.39, 0.29) is 0 Å². The van der Waals surface area contributed by atoms with Gasteiger partial charge in [-0.3, -0.25) is 0 Å². The number of halogens is 1. The van der Waals surface area contributed by atoms with Crippen LogP contribution in [0.2, 0.25) is 0 Å². The third-order valence-electron chi connectivity index (χ3n) is 4.92. The van der Waals surface area contributed by atoms with Crippen LogP contribution >= 0.6 is 15.9 Å². The number of aliphatic hydroxyl groups excluding tert-OH is 1. The van der Waals surface area contributed by atoms with Gasteiger partial charge in [-0.25, -0.2) is 0 Å². The molecular weight excluding hydrogens is 240 g/mol. The van der Waals surface area contributed by atoms with E-state index in [1.165, 1.54) is 38.5 Å². The predicted octanol–water partition coefficient (Wildman–Crippen LogP) is 2.96. The van der Waals surface area contributed by atoms with Gasteiger partial charge in [-0.15, -0.1) is 0 Å². The SMILES string of the molecule is OCC12CC3CC(C1)CC(CBr)(C3)C2. The summed E-state index contributed by atoms with van der Waals surface area (Å²) in [7, 11) is 0. The van der Waals surface area contributed by atoms with Crippen LogP contribution in [-0.2, 0) is 0 Å². The highest BCUT2D eigenvalue weighted by atomic mass is 79.9. The third kappa shape index (κ3) is 1.23. The summed E-state index contributed by atoms with van der Waals surface area (Å²) >= 11 is 3.71. The van der Waals surface area contributed by atoms with Crippen LogP contribution in [0, 0.1) is 22.7 Å². The van der Waals surface area contributed by atoms with E-state index >= 15 is 0 Å². The Bertz CT molecular complexity index is 215. The zero-order valence-electron chi connectivity index (χ0n) is 8.64. The molecule has 2 atom stereocenters. The fraction of sp³-hybridized carbons (Fsp3) is 1.00. The molecule has 80 valence electrons. The normalized spacial score (nSPS) is 55.3. The van der Waals surface area contributed by atoms with Crippen LogP contribution in [0.1, 0.15) is 38.5 Å². The molecule has 0 aromatic rings. The van der Waals surface area contributed by atoms with Crippen molar-refractivity contribution in [1.82, 2.24) is 0 Å². The van der Waals surface area contributed by atoms with E-state index in [1.54, 1.807) is 0 Å². The fourth-order valence-electron chi connectivity index (χ4n) is 4.99. The molecule has 0 amide bonds. The van der Waals surface area contributed by atoms with Gasteiger partial charge in [0.25, 0.3) is 0 Å². The zero-order chi connectivity index (χ0) is 9.81.